The largest absolute Gasteiger partial charge is 0.378 e. The molecule has 1 saturated heterocycles. The van der Waals surface area contributed by atoms with Crippen LogP contribution < -0.4 is 10.6 Å². The first-order valence-corrected chi connectivity index (χ1v) is 11.5. The molecule has 0 bridgehead atoms. The maximum absolute atomic E-state index is 5.80. The average molecular weight is 456 g/mol. The number of nitrogens with zero attached hydrogens (tertiary/aromatic N) is 6. The Labute approximate surface area is 197 Å². The molecule has 0 spiro atoms. The van der Waals surface area contributed by atoms with E-state index in [1.165, 1.54) is 5.56 Å². The van der Waals surface area contributed by atoms with Crippen molar-refractivity contribution in [2.24, 2.45) is 0 Å². The zero-order valence-corrected chi connectivity index (χ0v) is 18.7. The normalized spacial score (nSPS) is 17.4. The first-order valence-electron chi connectivity index (χ1n) is 11.5. The number of nitrogen functional groups attached to an aromatic ring is 1. The molecule has 1 aromatic carbocycles. The Morgan fingerprint density at radius 2 is 1.68 bits per heavy atom. The molecule has 3 aromatic heterocycles. The molecular weight excluding hydrogens is 430 g/mol. The highest BCUT2D eigenvalue weighted by molar-refractivity contribution is 5.70. The molecule has 4 heterocycles. The summed E-state index contributed by atoms with van der Waals surface area (Å²) in [6, 6.07) is 12.4. The van der Waals surface area contributed by atoms with E-state index in [9.17, 15) is 0 Å². The van der Waals surface area contributed by atoms with Crippen LogP contribution in [0.5, 0.6) is 0 Å². The van der Waals surface area contributed by atoms with E-state index in [2.05, 4.69) is 49.3 Å². The molecule has 0 radical (unpaired) electrons. The summed E-state index contributed by atoms with van der Waals surface area (Å²) in [7, 11) is 0. The Hall–Kier alpha value is -3.85. The molecule has 9 nitrogen and oxygen atoms in total. The van der Waals surface area contributed by atoms with E-state index in [0.29, 0.717) is 19.1 Å². The van der Waals surface area contributed by atoms with Gasteiger partial charge in [-0.3, -0.25) is 0 Å². The van der Waals surface area contributed by atoms with Gasteiger partial charge >= 0.3 is 0 Å². The van der Waals surface area contributed by atoms with E-state index in [0.717, 1.165) is 60.7 Å². The first-order chi connectivity index (χ1) is 16.7. The lowest BCUT2D eigenvalue weighted by Crippen LogP contribution is -2.37. The van der Waals surface area contributed by atoms with Gasteiger partial charge in [0.05, 0.1) is 24.2 Å². The maximum atomic E-state index is 5.80. The van der Waals surface area contributed by atoms with Crippen LogP contribution in [0.4, 0.5) is 11.8 Å². The van der Waals surface area contributed by atoms with Crippen LogP contribution >= 0.6 is 0 Å². The molecule has 0 atom stereocenters. The number of hydrogen-bond acceptors (Lipinski definition) is 9. The summed E-state index contributed by atoms with van der Waals surface area (Å²) in [5.74, 6) is 2.37. The second-order valence-electron chi connectivity index (χ2n) is 8.74. The van der Waals surface area contributed by atoms with Gasteiger partial charge in [0.1, 0.15) is 5.82 Å². The number of anilines is 2. The summed E-state index contributed by atoms with van der Waals surface area (Å²) in [6.07, 6.45) is 8.37. The lowest BCUT2D eigenvalue weighted by Gasteiger charge is -2.39. The quantitative estimate of drug-likeness (QED) is 0.483. The van der Waals surface area contributed by atoms with Crippen LogP contribution in [0.15, 0.2) is 59.5 Å². The van der Waals surface area contributed by atoms with Gasteiger partial charge in [-0.2, -0.15) is 4.98 Å². The molecular formula is C25H25N7O2. The van der Waals surface area contributed by atoms with E-state index in [4.69, 9.17) is 20.0 Å². The van der Waals surface area contributed by atoms with Crippen molar-refractivity contribution in [1.82, 2.24) is 25.1 Å². The number of rotatable bonds is 5. The van der Waals surface area contributed by atoms with Gasteiger partial charge in [-0.15, -0.1) is 0 Å². The van der Waals surface area contributed by atoms with Crippen LogP contribution in [0.1, 0.15) is 30.7 Å². The van der Waals surface area contributed by atoms with Crippen LogP contribution in [0.2, 0.25) is 0 Å². The van der Waals surface area contributed by atoms with E-state index >= 15 is 0 Å². The molecule has 0 amide bonds. The highest BCUT2D eigenvalue weighted by Gasteiger charge is 2.44. The Morgan fingerprint density at radius 1 is 0.912 bits per heavy atom. The monoisotopic (exact) mass is 455 g/mol. The number of nitrogens with two attached hydrogens (primary N) is 1. The van der Waals surface area contributed by atoms with Crippen LogP contribution in [-0.2, 0) is 10.2 Å². The minimum Gasteiger partial charge on any atom is -0.378 e. The summed E-state index contributed by atoms with van der Waals surface area (Å²) in [5, 5.41) is 4.45. The van der Waals surface area contributed by atoms with E-state index < -0.39 is 0 Å². The lowest BCUT2D eigenvalue weighted by molar-refractivity contribution is 0.122. The maximum Gasteiger partial charge on any atom is 0.261 e. The van der Waals surface area contributed by atoms with Gasteiger partial charge in [-0.1, -0.05) is 35.8 Å². The Balaban J connectivity index is 1.31. The topological polar surface area (TPSA) is 116 Å². The summed E-state index contributed by atoms with van der Waals surface area (Å²) in [6.45, 7) is 2.96. The molecule has 4 aromatic rings. The number of pyridine rings is 1. The predicted octanol–water partition coefficient (Wildman–Crippen LogP) is 3.48. The van der Waals surface area contributed by atoms with Gasteiger partial charge < -0.3 is 19.9 Å². The average Bonchev–Trinajstić information content (AvgIpc) is 3.35. The molecule has 2 aliphatic rings. The van der Waals surface area contributed by atoms with Crippen LogP contribution in [0, 0.1) is 0 Å². The van der Waals surface area contributed by atoms with Crippen molar-refractivity contribution in [2.45, 2.75) is 24.7 Å². The third kappa shape index (κ3) is 3.58. The Bertz CT molecular complexity index is 1280. The summed E-state index contributed by atoms with van der Waals surface area (Å²) < 4.78 is 11.3. The van der Waals surface area contributed by atoms with E-state index in [1.807, 2.05) is 12.1 Å². The summed E-state index contributed by atoms with van der Waals surface area (Å²) in [4.78, 5) is 19.9. The number of benzene rings is 1. The van der Waals surface area contributed by atoms with Gasteiger partial charge in [0, 0.05) is 37.2 Å². The van der Waals surface area contributed by atoms with Crippen molar-refractivity contribution in [1.29, 1.82) is 0 Å². The second-order valence-corrected chi connectivity index (χ2v) is 8.74. The summed E-state index contributed by atoms with van der Waals surface area (Å²) >= 11 is 0. The molecule has 34 heavy (non-hydrogen) atoms. The zero-order chi connectivity index (χ0) is 23.0. The van der Waals surface area contributed by atoms with Gasteiger partial charge in [0.15, 0.2) is 5.82 Å². The highest BCUT2D eigenvalue weighted by atomic mass is 16.5. The molecule has 2 fully saturated rings. The fourth-order valence-corrected chi connectivity index (χ4v) is 4.76. The molecule has 172 valence electrons. The van der Waals surface area contributed by atoms with Gasteiger partial charge in [-0.25, -0.2) is 15.0 Å². The van der Waals surface area contributed by atoms with Crippen molar-refractivity contribution in [3.63, 3.8) is 0 Å². The first kappa shape index (κ1) is 20.7. The third-order valence-corrected chi connectivity index (χ3v) is 6.83. The number of ether oxygens (including phenoxy) is 1. The minimum absolute atomic E-state index is 0.237. The molecule has 1 saturated carbocycles. The van der Waals surface area contributed by atoms with Crippen molar-refractivity contribution in [2.75, 3.05) is 36.9 Å². The molecule has 0 unspecified atom stereocenters. The van der Waals surface area contributed by atoms with E-state index in [1.54, 1.807) is 18.6 Å². The standard InChI is InChI=1S/C25H25N7O2/c26-24-28-15-18(16-29-24)17-4-6-19(7-5-17)25(8-2-9-25)23-30-22(34-31-23)20-3-1-10-27-21(20)32-11-13-33-14-12-32/h1,3-7,10,15-16H,2,8-9,11-14H2,(H2,26,28,29). The molecule has 1 aliphatic heterocycles. The van der Waals surface area contributed by atoms with Crippen molar-refractivity contribution < 1.29 is 9.26 Å². The zero-order valence-electron chi connectivity index (χ0n) is 18.7. The van der Waals surface area contributed by atoms with Gasteiger partial charge in [-0.05, 0) is 36.1 Å². The van der Waals surface area contributed by atoms with Crippen molar-refractivity contribution >= 4 is 11.8 Å². The lowest BCUT2D eigenvalue weighted by atomic mass is 9.64. The van der Waals surface area contributed by atoms with Gasteiger partial charge in [0.25, 0.3) is 5.89 Å². The van der Waals surface area contributed by atoms with Crippen LogP contribution in [-0.4, -0.2) is 51.4 Å². The third-order valence-electron chi connectivity index (χ3n) is 6.83. The predicted molar refractivity (Wildman–Crippen MR) is 127 cm³/mol. The molecule has 6 rings (SSSR count). The minimum atomic E-state index is -0.237. The fourth-order valence-electron chi connectivity index (χ4n) is 4.76. The molecule has 1 aliphatic carbocycles. The van der Waals surface area contributed by atoms with E-state index in [-0.39, 0.29) is 11.4 Å². The highest BCUT2D eigenvalue weighted by Crippen LogP contribution is 2.48. The van der Waals surface area contributed by atoms with Crippen molar-refractivity contribution in [3.05, 3.63) is 66.4 Å². The van der Waals surface area contributed by atoms with Crippen LogP contribution in [0.3, 0.4) is 0 Å². The van der Waals surface area contributed by atoms with Gasteiger partial charge in [0.2, 0.25) is 5.95 Å². The molecule has 2 N–H and O–H groups in total. The SMILES string of the molecule is Nc1ncc(-c2ccc(C3(c4noc(-c5cccnc5N5CCOCC5)n4)CCC3)cc2)cn1. The Kier molecular flexibility index (Phi) is 5.18. The second kappa shape index (κ2) is 8.49. The number of aromatic nitrogens is 5. The number of morpholine rings is 1. The van der Waals surface area contributed by atoms with Crippen molar-refractivity contribution in [3.8, 4) is 22.6 Å². The summed E-state index contributed by atoms with van der Waals surface area (Å²) in [5.41, 5.74) is 9.39. The fraction of sp³-hybridized carbons (Fsp3) is 0.320. The van der Waals surface area contributed by atoms with Crippen LogP contribution in [0.25, 0.3) is 22.6 Å². The Morgan fingerprint density at radius 3 is 2.38 bits per heavy atom. The smallest absolute Gasteiger partial charge is 0.261 e. The molecule has 9 heteroatoms. The number of hydrogen-bond donors (Lipinski definition) is 1.